The van der Waals surface area contributed by atoms with Crippen LogP contribution in [0.2, 0.25) is 5.02 Å². The summed E-state index contributed by atoms with van der Waals surface area (Å²) in [5, 5.41) is 2.88. The third kappa shape index (κ3) is 4.30. The Morgan fingerprint density at radius 3 is 2.48 bits per heavy atom. The second kappa shape index (κ2) is 7.41. The van der Waals surface area contributed by atoms with Gasteiger partial charge < -0.3 is 5.73 Å². The summed E-state index contributed by atoms with van der Waals surface area (Å²) in [5.41, 5.74) is 7.49. The summed E-state index contributed by atoms with van der Waals surface area (Å²) in [6.07, 6.45) is 0. The Balaban J connectivity index is 2.33. The summed E-state index contributed by atoms with van der Waals surface area (Å²) in [4.78, 5) is 3.80. The quantitative estimate of drug-likeness (QED) is 0.835. The molecule has 1 aromatic heterocycles. The molecule has 1 heterocycles. The van der Waals surface area contributed by atoms with Crippen molar-refractivity contribution in [2.24, 2.45) is 5.73 Å². The van der Waals surface area contributed by atoms with Gasteiger partial charge in [0, 0.05) is 28.5 Å². The molecule has 1 aromatic carbocycles. The van der Waals surface area contributed by atoms with Crippen molar-refractivity contribution in [2.75, 3.05) is 0 Å². The lowest BCUT2D eigenvalue weighted by Gasteiger charge is -2.37. The highest BCUT2D eigenvalue weighted by Crippen LogP contribution is 2.30. The van der Waals surface area contributed by atoms with Crippen molar-refractivity contribution >= 4 is 22.9 Å². The van der Waals surface area contributed by atoms with Crippen molar-refractivity contribution in [3.05, 3.63) is 57.2 Å². The molecule has 21 heavy (non-hydrogen) atoms. The van der Waals surface area contributed by atoms with Crippen molar-refractivity contribution in [1.29, 1.82) is 0 Å². The Labute approximate surface area is 136 Å². The summed E-state index contributed by atoms with van der Waals surface area (Å²) in [7, 11) is 0. The Bertz CT molecular complexity index is 552. The van der Waals surface area contributed by atoms with Crippen LogP contribution in [0.1, 0.15) is 37.3 Å². The molecule has 2 unspecified atom stereocenters. The number of benzene rings is 1. The number of hydrogen-bond acceptors (Lipinski definition) is 3. The Morgan fingerprint density at radius 2 is 1.95 bits per heavy atom. The number of hydrogen-bond donors (Lipinski definition) is 1. The summed E-state index contributed by atoms with van der Waals surface area (Å²) in [6.45, 7) is 7.41. The lowest BCUT2D eigenvalue weighted by Crippen LogP contribution is -2.42. The van der Waals surface area contributed by atoms with Crippen LogP contribution >= 0.6 is 22.9 Å². The monoisotopic (exact) mass is 322 g/mol. The Kier molecular flexibility index (Phi) is 5.82. The highest BCUT2D eigenvalue weighted by molar-refractivity contribution is 7.09. The zero-order valence-corrected chi connectivity index (χ0v) is 14.4. The number of nitrogens with two attached hydrogens (primary N) is 1. The van der Waals surface area contributed by atoms with Crippen molar-refractivity contribution in [1.82, 2.24) is 4.90 Å². The van der Waals surface area contributed by atoms with Crippen LogP contribution in [0.15, 0.2) is 41.8 Å². The summed E-state index contributed by atoms with van der Waals surface area (Å²) in [5.74, 6) is 0. The second-order valence-electron chi connectivity index (χ2n) is 5.70. The molecule has 2 atom stereocenters. The molecule has 2 aromatic rings. The summed E-state index contributed by atoms with van der Waals surface area (Å²) in [6, 6.07) is 12.9. The van der Waals surface area contributed by atoms with E-state index in [1.807, 2.05) is 18.2 Å². The van der Waals surface area contributed by atoms with E-state index in [1.165, 1.54) is 10.4 Å². The smallest absolute Gasteiger partial charge is 0.0503 e. The zero-order chi connectivity index (χ0) is 15.4. The van der Waals surface area contributed by atoms with E-state index in [1.54, 1.807) is 11.3 Å². The minimum atomic E-state index is 0.0332. The maximum absolute atomic E-state index is 6.31. The fourth-order valence-corrected chi connectivity index (χ4v) is 3.58. The van der Waals surface area contributed by atoms with Crippen LogP contribution in [0.25, 0.3) is 0 Å². The van der Waals surface area contributed by atoms with Crippen LogP contribution in [0.4, 0.5) is 0 Å². The van der Waals surface area contributed by atoms with E-state index in [4.69, 9.17) is 17.3 Å². The van der Waals surface area contributed by atoms with Gasteiger partial charge in [0.1, 0.15) is 0 Å². The van der Waals surface area contributed by atoms with E-state index in [0.717, 1.165) is 11.6 Å². The average Bonchev–Trinajstić information content (AvgIpc) is 2.90. The molecule has 0 aliphatic carbocycles. The molecule has 0 bridgehead atoms. The second-order valence-corrected chi connectivity index (χ2v) is 7.17. The van der Waals surface area contributed by atoms with Crippen LogP contribution in [-0.2, 0) is 6.54 Å². The van der Waals surface area contributed by atoms with Gasteiger partial charge in [-0.2, -0.15) is 0 Å². The summed E-state index contributed by atoms with van der Waals surface area (Å²) >= 11 is 7.95. The minimum Gasteiger partial charge on any atom is -0.326 e. The standard InChI is InChI=1S/C17H23ClN2S/c1-12(2)20(11-16-8-5-9-21-16)17(13(3)19)14-6-4-7-15(18)10-14/h4-10,12-13,17H,11,19H2,1-3H3. The predicted octanol–water partition coefficient (Wildman–Crippen LogP) is 4.70. The van der Waals surface area contributed by atoms with Gasteiger partial charge in [-0.25, -0.2) is 0 Å². The van der Waals surface area contributed by atoms with Crippen LogP contribution in [0, 0.1) is 0 Å². The van der Waals surface area contributed by atoms with E-state index >= 15 is 0 Å². The van der Waals surface area contributed by atoms with Gasteiger partial charge in [-0.05, 0) is 49.9 Å². The van der Waals surface area contributed by atoms with Crippen LogP contribution in [0.5, 0.6) is 0 Å². The molecule has 0 aliphatic rings. The molecule has 114 valence electrons. The van der Waals surface area contributed by atoms with E-state index in [2.05, 4.69) is 49.3 Å². The molecule has 0 radical (unpaired) electrons. The molecule has 0 fully saturated rings. The summed E-state index contributed by atoms with van der Waals surface area (Å²) < 4.78 is 0. The van der Waals surface area contributed by atoms with Gasteiger partial charge in [0.2, 0.25) is 0 Å². The van der Waals surface area contributed by atoms with E-state index in [9.17, 15) is 0 Å². The first-order valence-electron chi connectivity index (χ1n) is 7.28. The Morgan fingerprint density at radius 1 is 1.19 bits per heavy atom. The van der Waals surface area contributed by atoms with Gasteiger partial charge in [-0.3, -0.25) is 4.90 Å². The molecule has 0 spiro atoms. The molecule has 4 heteroatoms. The maximum Gasteiger partial charge on any atom is 0.0503 e. The number of halogens is 1. The van der Waals surface area contributed by atoms with Crippen molar-refractivity contribution in [3.8, 4) is 0 Å². The van der Waals surface area contributed by atoms with Crippen molar-refractivity contribution < 1.29 is 0 Å². The first kappa shape index (κ1) is 16.5. The largest absolute Gasteiger partial charge is 0.326 e. The van der Waals surface area contributed by atoms with Gasteiger partial charge in [0.25, 0.3) is 0 Å². The maximum atomic E-state index is 6.31. The molecule has 2 rings (SSSR count). The zero-order valence-electron chi connectivity index (χ0n) is 12.8. The van der Waals surface area contributed by atoms with Gasteiger partial charge >= 0.3 is 0 Å². The normalized spacial score (nSPS) is 14.6. The molecule has 0 saturated heterocycles. The average molecular weight is 323 g/mol. The third-order valence-electron chi connectivity index (χ3n) is 3.63. The number of rotatable bonds is 6. The third-order valence-corrected chi connectivity index (χ3v) is 4.72. The van der Waals surface area contributed by atoms with Crippen molar-refractivity contribution in [3.63, 3.8) is 0 Å². The first-order chi connectivity index (χ1) is 9.99. The van der Waals surface area contributed by atoms with Crippen molar-refractivity contribution in [2.45, 2.75) is 45.4 Å². The molecular formula is C17H23ClN2S. The first-order valence-corrected chi connectivity index (χ1v) is 8.54. The number of thiophene rings is 1. The fraction of sp³-hybridized carbons (Fsp3) is 0.412. The highest BCUT2D eigenvalue weighted by atomic mass is 35.5. The van der Waals surface area contributed by atoms with Crippen LogP contribution in [-0.4, -0.2) is 17.0 Å². The highest BCUT2D eigenvalue weighted by Gasteiger charge is 2.26. The van der Waals surface area contributed by atoms with E-state index in [-0.39, 0.29) is 12.1 Å². The van der Waals surface area contributed by atoms with Gasteiger partial charge in [-0.15, -0.1) is 11.3 Å². The Hall–Kier alpha value is -0.870. The number of nitrogens with zero attached hydrogens (tertiary/aromatic N) is 1. The van der Waals surface area contributed by atoms with Gasteiger partial charge in [-0.1, -0.05) is 29.8 Å². The van der Waals surface area contributed by atoms with Gasteiger partial charge in [0.15, 0.2) is 0 Å². The van der Waals surface area contributed by atoms with Crippen LogP contribution < -0.4 is 5.73 Å². The van der Waals surface area contributed by atoms with Crippen LogP contribution in [0.3, 0.4) is 0 Å². The van der Waals surface area contributed by atoms with Gasteiger partial charge in [0.05, 0.1) is 6.04 Å². The lowest BCUT2D eigenvalue weighted by atomic mass is 9.97. The molecule has 0 amide bonds. The molecule has 2 nitrogen and oxygen atoms in total. The minimum absolute atomic E-state index is 0.0332. The SMILES string of the molecule is CC(N)C(c1cccc(Cl)c1)N(Cc1cccs1)C(C)C. The molecule has 2 N–H and O–H groups in total. The topological polar surface area (TPSA) is 29.3 Å². The predicted molar refractivity (Wildman–Crippen MR) is 92.8 cm³/mol. The fourth-order valence-electron chi connectivity index (χ4n) is 2.67. The lowest BCUT2D eigenvalue weighted by molar-refractivity contribution is 0.128. The molecular weight excluding hydrogens is 300 g/mol. The molecule has 0 aliphatic heterocycles. The van der Waals surface area contributed by atoms with E-state index in [0.29, 0.717) is 6.04 Å². The molecule has 0 saturated carbocycles. The van der Waals surface area contributed by atoms with E-state index < -0.39 is 0 Å².